The Balaban J connectivity index is 0.00000364. The van der Waals surface area contributed by atoms with Crippen LogP contribution in [0, 0.1) is 13.8 Å². The summed E-state index contributed by atoms with van der Waals surface area (Å²) in [5.41, 5.74) is 9.40. The number of aliphatic imine (C=N–C) groups is 1. The molecule has 2 rings (SSSR count). The van der Waals surface area contributed by atoms with Crippen LogP contribution in [0.3, 0.4) is 0 Å². The molecule has 0 saturated heterocycles. The Morgan fingerprint density at radius 1 is 1.30 bits per heavy atom. The van der Waals surface area contributed by atoms with Crippen molar-refractivity contribution in [1.29, 1.82) is 0 Å². The standard InChI is InChI=1S/C18H26N6O2.HI/c1-12-16(13(2)24(4)23-12)10-22-18(20-3)21-9-14-6-5-7-15(8-14)26-11-17(19)25;/h5-8H,9-11H2,1-4H3,(H2,19,25)(H2,20,21,22);1H. The molecule has 0 spiro atoms. The zero-order valence-electron chi connectivity index (χ0n) is 16.1. The van der Waals surface area contributed by atoms with Crippen molar-refractivity contribution in [2.45, 2.75) is 26.9 Å². The predicted molar refractivity (Wildman–Crippen MR) is 116 cm³/mol. The van der Waals surface area contributed by atoms with Gasteiger partial charge in [0, 0.05) is 38.4 Å². The van der Waals surface area contributed by atoms with Crippen LogP contribution in [0.4, 0.5) is 0 Å². The minimum Gasteiger partial charge on any atom is -0.484 e. The van der Waals surface area contributed by atoms with Crippen LogP contribution in [0.15, 0.2) is 29.3 Å². The summed E-state index contributed by atoms with van der Waals surface area (Å²) >= 11 is 0. The molecule has 1 aromatic heterocycles. The van der Waals surface area contributed by atoms with E-state index in [9.17, 15) is 4.79 Å². The fourth-order valence-corrected chi connectivity index (χ4v) is 2.55. The van der Waals surface area contributed by atoms with Crippen LogP contribution < -0.4 is 21.1 Å². The van der Waals surface area contributed by atoms with E-state index in [4.69, 9.17) is 10.5 Å². The van der Waals surface area contributed by atoms with Crippen molar-refractivity contribution < 1.29 is 9.53 Å². The number of nitrogens with zero attached hydrogens (tertiary/aromatic N) is 3. The molecular formula is C18H27IN6O2. The molecular weight excluding hydrogens is 459 g/mol. The number of aryl methyl sites for hydroxylation is 2. The first-order valence-electron chi connectivity index (χ1n) is 8.34. The molecule has 0 aliphatic heterocycles. The fourth-order valence-electron chi connectivity index (χ4n) is 2.55. The summed E-state index contributed by atoms with van der Waals surface area (Å²) in [6.07, 6.45) is 0. The summed E-state index contributed by atoms with van der Waals surface area (Å²) in [6.45, 7) is 5.12. The van der Waals surface area contributed by atoms with Crippen LogP contribution >= 0.6 is 24.0 Å². The maximum Gasteiger partial charge on any atom is 0.255 e. The van der Waals surface area contributed by atoms with E-state index in [0.29, 0.717) is 24.8 Å². The molecule has 1 amide bonds. The molecule has 4 N–H and O–H groups in total. The Hall–Kier alpha value is -2.30. The Labute approximate surface area is 176 Å². The Morgan fingerprint density at radius 2 is 2.00 bits per heavy atom. The molecule has 0 radical (unpaired) electrons. The van der Waals surface area contributed by atoms with Crippen LogP contribution in [0.5, 0.6) is 5.75 Å². The third kappa shape index (κ3) is 6.74. The summed E-state index contributed by atoms with van der Waals surface area (Å²) in [5.74, 6) is 0.794. The van der Waals surface area contributed by atoms with E-state index in [1.54, 1.807) is 13.1 Å². The second-order valence-corrected chi connectivity index (χ2v) is 5.95. The Bertz CT molecular complexity index is 803. The normalized spacial score (nSPS) is 10.9. The minimum absolute atomic E-state index is 0. The molecule has 0 bridgehead atoms. The summed E-state index contributed by atoms with van der Waals surface area (Å²) in [5, 5.41) is 11.0. The molecule has 2 aromatic rings. The SMILES string of the molecule is CN=C(NCc1cccc(OCC(N)=O)c1)NCc1c(C)nn(C)c1C.I. The van der Waals surface area contributed by atoms with Gasteiger partial charge >= 0.3 is 0 Å². The molecule has 0 aliphatic carbocycles. The highest BCUT2D eigenvalue weighted by atomic mass is 127. The van der Waals surface area contributed by atoms with Crippen molar-refractivity contribution >= 4 is 35.8 Å². The van der Waals surface area contributed by atoms with Gasteiger partial charge in [0.1, 0.15) is 5.75 Å². The number of carbonyl (C=O) groups excluding carboxylic acids is 1. The average molecular weight is 486 g/mol. The number of halogens is 1. The summed E-state index contributed by atoms with van der Waals surface area (Å²) < 4.78 is 7.19. The van der Waals surface area contributed by atoms with Crippen molar-refractivity contribution in [3.63, 3.8) is 0 Å². The average Bonchev–Trinajstić information content (AvgIpc) is 2.86. The number of ether oxygens (including phenoxy) is 1. The number of rotatable bonds is 7. The van der Waals surface area contributed by atoms with Gasteiger partial charge in [-0.15, -0.1) is 24.0 Å². The number of amides is 1. The number of guanidine groups is 1. The van der Waals surface area contributed by atoms with Gasteiger partial charge in [0.25, 0.3) is 5.91 Å². The van der Waals surface area contributed by atoms with E-state index in [2.05, 4.69) is 20.7 Å². The molecule has 1 aromatic carbocycles. The van der Waals surface area contributed by atoms with Gasteiger partial charge in [-0.1, -0.05) is 12.1 Å². The first-order chi connectivity index (χ1) is 12.4. The first-order valence-corrected chi connectivity index (χ1v) is 8.34. The third-order valence-corrected chi connectivity index (χ3v) is 4.05. The number of carbonyl (C=O) groups is 1. The lowest BCUT2D eigenvalue weighted by Gasteiger charge is -2.13. The summed E-state index contributed by atoms with van der Waals surface area (Å²) in [7, 11) is 3.66. The minimum atomic E-state index is -0.501. The fraction of sp³-hybridized carbons (Fsp3) is 0.389. The Morgan fingerprint density at radius 3 is 2.59 bits per heavy atom. The maximum atomic E-state index is 10.8. The number of nitrogens with two attached hydrogens (primary N) is 1. The maximum absolute atomic E-state index is 10.8. The molecule has 8 nitrogen and oxygen atoms in total. The molecule has 0 saturated carbocycles. The number of hydrogen-bond acceptors (Lipinski definition) is 4. The molecule has 0 aliphatic rings. The van der Waals surface area contributed by atoms with Crippen molar-refractivity contribution in [1.82, 2.24) is 20.4 Å². The zero-order valence-corrected chi connectivity index (χ0v) is 18.4. The molecule has 0 atom stereocenters. The molecule has 1 heterocycles. The van der Waals surface area contributed by atoms with E-state index in [1.807, 2.05) is 43.8 Å². The monoisotopic (exact) mass is 486 g/mol. The lowest BCUT2D eigenvalue weighted by Crippen LogP contribution is -2.36. The van der Waals surface area contributed by atoms with E-state index in [1.165, 1.54) is 0 Å². The second-order valence-electron chi connectivity index (χ2n) is 5.95. The molecule has 0 unspecified atom stereocenters. The van der Waals surface area contributed by atoms with Crippen LogP contribution in [0.1, 0.15) is 22.5 Å². The van der Waals surface area contributed by atoms with Crippen molar-refractivity contribution in [3.8, 4) is 5.75 Å². The highest BCUT2D eigenvalue weighted by molar-refractivity contribution is 14.0. The molecule has 9 heteroatoms. The third-order valence-electron chi connectivity index (χ3n) is 4.05. The topological polar surface area (TPSA) is 107 Å². The number of primary amides is 1. The molecule has 148 valence electrons. The van der Waals surface area contributed by atoms with Crippen molar-refractivity contribution in [2.75, 3.05) is 13.7 Å². The van der Waals surface area contributed by atoms with Crippen molar-refractivity contribution in [2.24, 2.45) is 17.8 Å². The van der Waals surface area contributed by atoms with Gasteiger partial charge in [0.2, 0.25) is 0 Å². The van der Waals surface area contributed by atoms with Gasteiger partial charge in [0.15, 0.2) is 12.6 Å². The first kappa shape index (κ1) is 22.7. The Kier molecular flexibility index (Phi) is 9.06. The highest BCUT2D eigenvalue weighted by Crippen LogP contribution is 2.13. The number of nitrogens with one attached hydrogen (secondary N) is 2. The van der Waals surface area contributed by atoms with Gasteiger partial charge in [0.05, 0.1) is 5.69 Å². The van der Waals surface area contributed by atoms with E-state index >= 15 is 0 Å². The summed E-state index contributed by atoms with van der Waals surface area (Å²) in [4.78, 5) is 15.0. The lowest BCUT2D eigenvalue weighted by molar-refractivity contribution is -0.119. The van der Waals surface area contributed by atoms with Crippen LogP contribution in [0.2, 0.25) is 0 Å². The zero-order chi connectivity index (χ0) is 19.1. The van der Waals surface area contributed by atoms with Gasteiger partial charge in [-0.2, -0.15) is 5.10 Å². The number of hydrogen-bond donors (Lipinski definition) is 3. The second kappa shape index (κ2) is 10.8. The van der Waals surface area contributed by atoms with Crippen molar-refractivity contribution in [3.05, 3.63) is 46.8 Å². The van der Waals surface area contributed by atoms with Gasteiger partial charge < -0.3 is 21.1 Å². The number of aromatic nitrogens is 2. The summed E-state index contributed by atoms with van der Waals surface area (Å²) in [6, 6.07) is 7.48. The largest absolute Gasteiger partial charge is 0.484 e. The van der Waals surface area contributed by atoms with E-state index < -0.39 is 5.91 Å². The smallest absolute Gasteiger partial charge is 0.255 e. The van der Waals surface area contributed by atoms with Crippen LogP contribution in [-0.4, -0.2) is 35.3 Å². The van der Waals surface area contributed by atoms with Gasteiger partial charge in [-0.3, -0.25) is 14.5 Å². The molecule has 0 fully saturated rings. The van der Waals surface area contributed by atoms with Gasteiger partial charge in [-0.25, -0.2) is 0 Å². The number of benzene rings is 1. The van der Waals surface area contributed by atoms with Crippen LogP contribution in [-0.2, 0) is 24.9 Å². The van der Waals surface area contributed by atoms with Gasteiger partial charge in [-0.05, 0) is 31.5 Å². The quantitative estimate of drug-likeness (QED) is 0.312. The lowest BCUT2D eigenvalue weighted by atomic mass is 10.2. The highest BCUT2D eigenvalue weighted by Gasteiger charge is 2.09. The predicted octanol–water partition coefficient (Wildman–Crippen LogP) is 1.38. The molecule has 27 heavy (non-hydrogen) atoms. The van der Waals surface area contributed by atoms with E-state index in [0.717, 1.165) is 22.5 Å². The van der Waals surface area contributed by atoms with Crippen LogP contribution in [0.25, 0.3) is 0 Å². The van der Waals surface area contributed by atoms with E-state index in [-0.39, 0.29) is 30.6 Å².